The number of nitrogens with two attached hydrogens (primary N) is 1. The number of ether oxygens (including phenoxy) is 1. The van der Waals surface area contributed by atoms with Crippen LogP contribution in [0, 0.1) is 0 Å². The number of likely N-dealkylation sites (tertiary alicyclic amines) is 1. The molecule has 0 bridgehead atoms. The quantitative estimate of drug-likeness (QED) is 0.473. The molecule has 1 rings (SSSR count). The van der Waals surface area contributed by atoms with E-state index in [0.717, 1.165) is 6.42 Å². The van der Waals surface area contributed by atoms with Gasteiger partial charge in [0.15, 0.2) is 5.11 Å². The van der Waals surface area contributed by atoms with Crippen molar-refractivity contribution in [1.82, 2.24) is 15.8 Å². The van der Waals surface area contributed by atoms with Crippen LogP contribution in [0.15, 0.2) is 0 Å². The lowest BCUT2D eigenvalue weighted by Gasteiger charge is -2.28. The second-order valence-electron chi connectivity index (χ2n) is 5.31. The van der Waals surface area contributed by atoms with E-state index in [1.54, 1.807) is 20.8 Å². The van der Waals surface area contributed by atoms with Crippen LogP contribution in [0.25, 0.3) is 0 Å². The summed E-state index contributed by atoms with van der Waals surface area (Å²) in [5.41, 5.74) is 9.36. The minimum Gasteiger partial charge on any atom is -0.444 e. The van der Waals surface area contributed by atoms with Gasteiger partial charge in [0, 0.05) is 6.54 Å². The zero-order valence-electron chi connectivity index (χ0n) is 11.4. The lowest BCUT2D eigenvalue weighted by Crippen LogP contribution is -2.53. The number of nitrogens with zero attached hydrogens (tertiary/aromatic N) is 1. The molecule has 4 N–H and O–H groups in total. The van der Waals surface area contributed by atoms with E-state index >= 15 is 0 Å². The Morgan fingerprint density at radius 1 is 1.37 bits per heavy atom. The van der Waals surface area contributed by atoms with Crippen molar-refractivity contribution in [2.45, 2.75) is 45.3 Å². The largest absolute Gasteiger partial charge is 0.444 e. The number of nitrogens with one attached hydrogen (secondary N) is 2. The van der Waals surface area contributed by atoms with Crippen molar-refractivity contribution in [2.75, 3.05) is 6.54 Å². The molecule has 1 aliphatic rings. The lowest BCUT2D eigenvalue weighted by atomic mass is 10.2. The zero-order chi connectivity index (χ0) is 14.6. The predicted molar refractivity (Wildman–Crippen MR) is 74.0 cm³/mol. The van der Waals surface area contributed by atoms with E-state index in [4.69, 9.17) is 10.5 Å². The summed E-state index contributed by atoms with van der Waals surface area (Å²) in [5.74, 6) is -0.351. The van der Waals surface area contributed by atoms with Gasteiger partial charge in [0.05, 0.1) is 0 Å². The summed E-state index contributed by atoms with van der Waals surface area (Å²) >= 11 is 4.59. The predicted octanol–water partition coefficient (Wildman–Crippen LogP) is 0.250. The van der Waals surface area contributed by atoms with E-state index in [-0.39, 0.29) is 11.0 Å². The number of rotatable bonds is 1. The first kappa shape index (κ1) is 15.5. The van der Waals surface area contributed by atoms with Crippen molar-refractivity contribution in [3.05, 3.63) is 0 Å². The molecule has 1 aliphatic heterocycles. The van der Waals surface area contributed by atoms with Gasteiger partial charge in [-0.15, -0.1) is 0 Å². The number of carbonyl (C=O) groups excluding carboxylic acids is 2. The molecule has 1 saturated heterocycles. The smallest absolute Gasteiger partial charge is 0.410 e. The fraction of sp³-hybridized carbons (Fsp3) is 0.727. The molecule has 0 aromatic carbocycles. The highest BCUT2D eigenvalue weighted by Gasteiger charge is 2.36. The second kappa shape index (κ2) is 6.05. The Kier molecular flexibility index (Phi) is 4.93. The van der Waals surface area contributed by atoms with E-state index in [1.165, 1.54) is 4.90 Å². The standard InChI is InChI=1S/C11H20N4O3S/c1-11(2,3)18-10(17)15-6-4-5-7(15)8(16)13-14-9(12)19/h7H,4-6H2,1-3H3,(H,13,16)(H3,12,14,19). The van der Waals surface area contributed by atoms with Crippen LogP contribution in [-0.4, -0.2) is 40.2 Å². The normalized spacial score (nSPS) is 18.9. The molecule has 1 atom stereocenters. The molecule has 0 aromatic heterocycles. The van der Waals surface area contributed by atoms with Crippen LogP contribution in [0.2, 0.25) is 0 Å². The summed E-state index contributed by atoms with van der Waals surface area (Å²) in [6, 6.07) is -0.559. The molecular formula is C11H20N4O3S. The van der Waals surface area contributed by atoms with Crippen molar-refractivity contribution < 1.29 is 14.3 Å². The van der Waals surface area contributed by atoms with Crippen LogP contribution in [0.4, 0.5) is 4.79 Å². The maximum atomic E-state index is 12.0. The van der Waals surface area contributed by atoms with Gasteiger partial charge in [-0.3, -0.25) is 20.5 Å². The summed E-state index contributed by atoms with van der Waals surface area (Å²) in [7, 11) is 0. The number of hydrogen-bond acceptors (Lipinski definition) is 4. The highest BCUT2D eigenvalue weighted by molar-refractivity contribution is 7.80. The van der Waals surface area contributed by atoms with Gasteiger partial charge in [-0.2, -0.15) is 0 Å². The Hall–Kier alpha value is -1.57. The van der Waals surface area contributed by atoms with Gasteiger partial charge >= 0.3 is 6.09 Å². The molecule has 2 amide bonds. The summed E-state index contributed by atoms with van der Waals surface area (Å²) in [5, 5.41) is -0.0323. The molecule has 8 heteroatoms. The first-order valence-corrected chi connectivity index (χ1v) is 6.46. The van der Waals surface area contributed by atoms with Crippen molar-refractivity contribution >= 4 is 29.3 Å². The molecule has 1 unspecified atom stereocenters. The third-order valence-corrected chi connectivity index (χ3v) is 2.59. The highest BCUT2D eigenvalue weighted by Crippen LogP contribution is 2.20. The highest BCUT2D eigenvalue weighted by atomic mass is 32.1. The number of carbonyl (C=O) groups is 2. The molecule has 108 valence electrons. The fourth-order valence-corrected chi connectivity index (χ4v) is 1.84. The molecule has 0 saturated carbocycles. The molecule has 1 fully saturated rings. The van der Waals surface area contributed by atoms with E-state index in [2.05, 4.69) is 23.1 Å². The van der Waals surface area contributed by atoms with Crippen LogP contribution in [0.1, 0.15) is 33.6 Å². The van der Waals surface area contributed by atoms with Gasteiger partial charge in [0.25, 0.3) is 5.91 Å². The number of hydrogen-bond donors (Lipinski definition) is 3. The summed E-state index contributed by atoms with van der Waals surface area (Å²) < 4.78 is 5.26. The molecule has 1 heterocycles. The van der Waals surface area contributed by atoms with Gasteiger partial charge < -0.3 is 10.5 Å². The van der Waals surface area contributed by atoms with Gasteiger partial charge in [0.2, 0.25) is 0 Å². The maximum Gasteiger partial charge on any atom is 0.410 e. The molecular weight excluding hydrogens is 268 g/mol. The van der Waals surface area contributed by atoms with Crippen LogP contribution in [-0.2, 0) is 9.53 Å². The van der Waals surface area contributed by atoms with Gasteiger partial charge in [0.1, 0.15) is 11.6 Å². The number of thiocarbonyl (C=S) groups is 1. The van der Waals surface area contributed by atoms with Gasteiger partial charge in [-0.25, -0.2) is 4.79 Å². The number of amides is 2. The van der Waals surface area contributed by atoms with E-state index in [9.17, 15) is 9.59 Å². The number of hydrazine groups is 1. The minimum absolute atomic E-state index is 0.0323. The molecule has 0 spiro atoms. The SMILES string of the molecule is CC(C)(C)OC(=O)N1CCCC1C(=O)NNC(N)=S. The van der Waals surface area contributed by atoms with Crippen molar-refractivity contribution in [1.29, 1.82) is 0 Å². The average molecular weight is 288 g/mol. The first-order chi connectivity index (χ1) is 8.70. The zero-order valence-corrected chi connectivity index (χ0v) is 12.2. The third kappa shape index (κ3) is 4.90. The summed E-state index contributed by atoms with van der Waals surface area (Å²) in [4.78, 5) is 25.3. The van der Waals surface area contributed by atoms with Gasteiger partial charge in [-0.1, -0.05) is 0 Å². The summed E-state index contributed by atoms with van der Waals surface area (Å²) in [6.07, 6.45) is 0.856. The molecule has 19 heavy (non-hydrogen) atoms. The van der Waals surface area contributed by atoms with Gasteiger partial charge in [-0.05, 0) is 45.8 Å². The Labute approximate surface area is 117 Å². The van der Waals surface area contributed by atoms with Crippen LogP contribution < -0.4 is 16.6 Å². The Morgan fingerprint density at radius 2 is 2.00 bits per heavy atom. The first-order valence-electron chi connectivity index (χ1n) is 6.05. The van der Waals surface area contributed by atoms with Crippen LogP contribution in [0.3, 0.4) is 0 Å². The second-order valence-corrected chi connectivity index (χ2v) is 5.75. The third-order valence-electron chi connectivity index (χ3n) is 2.49. The molecule has 0 aliphatic carbocycles. The van der Waals surface area contributed by atoms with Crippen LogP contribution >= 0.6 is 12.2 Å². The summed E-state index contributed by atoms with van der Waals surface area (Å²) in [6.45, 7) is 5.85. The topological polar surface area (TPSA) is 96.7 Å². The average Bonchev–Trinajstić information content (AvgIpc) is 2.72. The maximum absolute atomic E-state index is 12.0. The van der Waals surface area contributed by atoms with E-state index in [0.29, 0.717) is 13.0 Å². The minimum atomic E-state index is -0.586. The molecule has 0 radical (unpaired) electrons. The van der Waals surface area contributed by atoms with Crippen molar-refractivity contribution in [3.8, 4) is 0 Å². The van der Waals surface area contributed by atoms with Crippen LogP contribution in [0.5, 0.6) is 0 Å². The Morgan fingerprint density at radius 3 is 2.53 bits per heavy atom. The van der Waals surface area contributed by atoms with Crippen molar-refractivity contribution in [3.63, 3.8) is 0 Å². The molecule has 0 aromatic rings. The fourth-order valence-electron chi connectivity index (χ4n) is 1.78. The monoisotopic (exact) mass is 288 g/mol. The van der Waals surface area contributed by atoms with E-state index < -0.39 is 17.7 Å². The Balaban J connectivity index is 2.60. The van der Waals surface area contributed by atoms with E-state index in [1.807, 2.05) is 0 Å². The molecule has 7 nitrogen and oxygen atoms in total. The lowest BCUT2D eigenvalue weighted by molar-refractivity contribution is -0.126. The van der Waals surface area contributed by atoms with Crippen molar-refractivity contribution in [2.24, 2.45) is 5.73 Å². The Bertz CT molecular complexity index is 381.